The van der Waals surface area contributed by atoms with E-state index in [0.717, 1.165) is 31.5 Å². The van der Waals surface area contributed by atoms with Crippen molar-refractivity contribution < 1.29 is 5.11 Å². The van der Waals surface area contributed by atoms with Crippen LogP contribution in [0.4, 0.5) is 0 Å². The van der Waals surface area contributed by atoms with E-state index in [4.69, 9.17) is 11.6 Å². The number of hydrogen-bond donors (Lipinski definition) is 2. The van der Waals surface area contributed by atoms with E-state index in [9.17, 15) is 5.11 Å². The van der Waals surface area contributed by atoms with Crippen LogP contribution in [0.2, 0.25) is 5.02 Å². The maximum Gasteiger partial charge on any atom is 0.0921 e. The van der Waals surface area contributed by atoms with Crippen LogP contribution in [0.3, 0.4) is 0 Å². The fraction of sp³-hybridized carbons (Fsp3) is 0.455. The first-order chi connectivity index (χ1) is 7.10. The molecule has 1 N–H and O–H groups in total. The second kappa shape index (κ2) is 4.34. The molecule has 1 fully saturated rings. The standard InChI is InChI=1S/C11H14ClNOS/c12-10-3-1-9(2-4-10)11(14)5-7-13(15)8-6-11/h1-4,14-15H,5-8H2. The number of hydrogen-bond acceptors (Lipinski definition) is 3. The lowest BCUT2D eigenvalue weighted by atomic mass is 9.85. The van der Waals surface area contributed by atoms with Gasteiger partial charge in [-0.25, -0.2) is 0 Å². The molecule has 1 aromatic rings. The molecule has 1 aliphatic heterocycles. The smallest absolute Gasteiger partial charge is 0.0921 e. The Bertz CT molecular complexity index is 333. The number of nitrogens with zero attached hydrogens (tertiary/aromatic N) is 1. The number of thiol groups is 1. The average molecular weight is 244 g/mol. The minimum absolute atomic E-state index is 0.703. The van der Waals surface area contributed by atoms with Gasteiger partial charge in [0, 0.05) is 18.1 Å². The monoisotopic (exact) mass is 243 g/mol. The summed E-state index contributed by atoms with van der Waals surface area (Å²) in [4.78, 5) is 0. The van der Waals surface area contributed by atoms with E-state index < -0.39 is 5.60 Å². The average Bonchev–Trinajstić information content (AvgIpc) is 2.24. The van der Waals surface area contributed by atoms with Gasteiger partial charge in [0.15, 0.2) is 0 Å². The van der Waals surface area contributed by atoms with E-state index in [1.54, 1.807) is 0 Å². The summed E-state index contributed by atoms with van der Waals surface area (Å²) in [7, 11) is 0. The fourth-order valence-corrected chi connectivity index (χ4v) is 2.24. The molecule has 2 rings (SSSR count). The van der Waals surface area contributed by atoms with Gasteiger partial charge in [0.05, 0.1) is 5.60 Å². The normalized spacial score (nSPS) is 21.5. The van der Waals surface area contributed by atoms with Crippen LogP contribution in [0.1, 0.15) is 18.4 Å². The van der Waals surface area contributed by atoms with Crippen LogP contribution in [0, 0.1) is 0 Å². The SMILES string of the molecule is OC1(c2ccc(Cl)cc2)CCN(S)CC1. The molecular formula is C11H14ClNOS. The lowest BCUT2D eigenvalue weighted by Gasteiger charge is -2.36. The van der Waals surface area contributed by atoms with Crippen molar-refractivity contribution >= 4 is 24.4 Å². The number of halogens is 1. The molecule has 1 aromatic carbocycles. The topological polar surface area (TPSA) is 23.5 Å². The molecule has 0 atom stereocenters. The predicted molar refractivity (Wildman–Crippen MR) is 65.1 cm³/mol. The summed E-state index contributed by atoms with van der Waals surface area (Å²) < 4.78 is 1.93. The van der Waals surface area contributed by atoms with Gasteiger partial charge in [-0.2, -0.15) is 0 Å². The maximum atomic E-state index is 10.4. The second-order valence-corrected chi connectivity index (χ2v) is 4.99. The third-order valence-corrected chi connectivity index (χ3v) is 3.60. The van der Waals surface area contributed by atoms with Crippen molar-refractivity contribution in [1.82, 2.24) is 4.31 Å². The van der Waals surface area contributed by atoms with Crippen LogP contribution in [-0.4, -0.2) is 22.5 Å². The molecule has 0 aromatic heterocycles. The lowest BCUT2D eigenvalue weighted by molar-refractivity contribution is -0.00769. The van der Waals surface area contributed by atoms with E-state index in [1.165, 1.54) is 0 Å². The van der Waals surface area contributed by atoms with Crippen molar-refractivity contribution in [3.8, 4) is 0 Å². The first-order valence-corrected chi connectivity index (χ1v) is 5.80. The van der Waals surface area contributed by atoms with Gasteiger partial charge in [0.25, 0.3) is 0 Å². The Morgan fingerprint density at radius 1 is 1.20 bits per heavy atom. The lowest BCUT2D eigenvalue weighted by Crippen LogP contribution is -2.38. The zero-order valence-corrected chi connectivity index (χ0v) is 10.0. The van der Waals surface area contributed by atoms with Crippen LogP contribution in [-0.2, 0) is 5.60 Å². The third-order valence-electron chi connectivity index (χ3n) is 2.95. The molecule has 0 amide bonds. The van der Waals surface area contributed by atoms with Crippen molar-refractivity contribution in [1.29, 1.82) is 0 Å². The van der Waals surface area contributed by atoms with Crippen molar-refractivity contribution in [3.05, 3.63) is 34.9 Å². The van der Waals surface area contributed by atoms with Crippen molar-refractivity contribution in [2.75, 3.05) is 13.1 Å². The first-order valence-electron chi connectivity index (χ1n) is 5.02. The molecule has 1 heterocycles. The number of rotatable bonds is 1. The molecule has 0 saturated carbocycles. The summed E-state index contributed by atoms with van der Waals surface area (Å²) in [5, 5.41) is 11.2. The van der Waals surface area contributed by atoms with Crippen molar-refractivity contribution in [2.45, 2.75) is 18.4 Å². The Kier molecular flexibility index (Phi) is 3.26. The van der Waals surface area contributed by atoms with E-state index in [2.05, 4.69) is 12.8 Å². The fourth-order valence-electron chi connectivity index (χ4n) is 1.91. The van der Waals surface area contributed by atoms with Crippen LogP contribution < -0.4 is 0 Å². The summed E-state index contributed by atoms with van der Waals surface area (Å²) >= 11 is 10.1. The van der Waals surface area contributed by atoms with Gasteiger partial charge >= 0.3 is 0 Å². The largest absolute Gasteiger partial charge is 0.385 e. The molecule has 0 radical (unpaired) electrons. The Morgan fingerprint density at radius 2 is 1.73 bits per heavy atom. The number of aliphatic hydroxyl groups is 1. The van der Waals surface area contributed by atoms with E-state index in [0.29, 0.717) is 5.02 Å². The van der Waals surface area contributed by atoms with Gasteiger partial charge in [-0.05, 0) is 30.5 Å². The van der Waals surface area contributed by atoms with Gasteiger partial charge in [-0.15, -0.1) is 0 Å². The molecule has 1 aliphatic rings. The molecule has 0 unspecified atom stereocenters. The van der Waals surface area contributed by atoms with Crippen molar-refractivity contribution in [2.24, 2.45) is 0 Å². The summed E-state index contributed by atoms with van der Waals surface area (Å²) in [6, 6.07) is 7.44. The first kappa shape index (κ1) is 11.3. The summed E-state index contributed by atoms with van der Waals surface area (Å²) in [6.07, 6.45) is 1.44. The summed E-state index contributed by atoms with van der Waals surface area (Å²) in [5.41, 5.74) is 0.248. The Hall–Kier alpha value is -0.220. The van der Waals surface area contributed by atoms with Gasteiger partial charge in [0.1, 0.15) is 0 Å². The highest BCUT2D eigenvalue weighted by Gasteiger charge is 2.32. The Balaban J connectivity index is 2.18. The molecule has 15 heavy (non-hydrogen) atoms. The van der Waals surface area contributed by atoms with E-state index in [-0.39, 0.29) is 0 Å². The Labute approximate surface area is 100 Å². The van der Waals surface area contributed by atoms with Crippen LogP contribution in [0.25, 0.3) is 0 Å². The molecule has 0 aliphatic carbocycles. The molecule has 0 spiro atoms. The Morgan fingerprint density at radius 3 is 2.27 bits per heavy atom. The molecular weight excluding hydrogens is 230 g/mol. The molecule has 4 heteroatoms. The van der Waals surface area contributed by atoms with Gasteiger partial charge in [-0.3, -0.25) is 4.31 Å². The van der Waals surface area contributed by atoms with Crippen LogP contribution >= 0.6 is 24.4 Å². The maximum absolute atomic E-state index is 10.4. The summed E-state index contributed by atoms with van der Waals surface area (Å²) in [6.45, 7) is 1.62. The molecule has 2 nitrogen and oxygen atoms in total. The highest BCUT2D eigenvalue weighted by molar-refractivity contribution is 7.77. The zero-order chi connectivity index (χ0) is 10.9. The number of piperidine rings is 1. The van der Waals surface area contributed by atoms with Gasteiger partial charge in [0.2, 0.25) is 0 Å². The van der Waals surface area contributed by atoms with Gasteiger partial charge in [-0.1, -0.05) is 36.5 Å². The van der Waals surface area contributed by atoms with E-state index in [1.807, 2.05) is 28.6 Å². The highest BCUT2D eigenvalue weighted by atomic mass is 35.5. The number of benzene rings is 1. The minimum Gasteiger partial charge on any atom is -0.385 e. The second-order valence-electron chi connectivity index (χ2n) is 3.99. The third kappa shape index (κ3) is 2.48. The van der Waals surface area contributed by atoms with Crippen molar-refractivity contribution in [3.63, 3.8) is 0 Å². The molecule has 1 saturated heterocycles. The molecule has 82 valence electrons. The molecule has 0 bridgehead atoms. The predicted octanol–water partition coefficient (Wildman–Crippen LogP) is 2.47. The van der Waals surface area contributed by atoms with Gasteiger partial charge < -0.3 is 5.11 Å². The highest BCUT2D eigenvalue weighted by Crippen LogP contribution is 2.33. The van der Waals surface area contributed by atoms with E-state index >= 15 is 0 Å². The summed E-state index contributed by atoms with van der Waals surface area (Å²) in [5.74, 6) is 0. The minimum atomic E-state index is -0.705. The quantitative estimate of drug-likeness (QED) is 0.741. The van der Waals surface area contributed by atoms with Crippen LogP contribution in [0.5, 0.6) is 0 Å². The zero-order valence-electron chi connectivity index (χ0n) is 8.36. The van der Waals surface area contributed by atoms with Crippen LogP contribution in [0.15, 0.2) is 24.3 Å².